The van der Waals surface area contributed by atoms with E-state index in [-0.39, 0.29) is 40.6 Å². The zero-order valence-electron chi connectivity index (χ0n) is 16.6. The van der Waals surface area contributed by atoms with Gasteiger partial charge in [-0.05, 0) is 52.8 Å². The fourth-order valence-electron chi connectivity index (χ4n) is 2.45. The predicted molar refractivity (Wildman–Crippen MR) is 106 cm³/mol. The van der Waals surface area contributed by atoms with Crippen LogP contribution in [0.1, 0.15) is 65.7 Å². The summed E-state index contributed by atoms with van der Waals surface area (Å²) in [6, 6.07) is 4.06. The van der Waals surface area contributed by atoms with Crippen molar-refractivity contribution in [1.82, 2.24) is 4.90 Å². The van der Waals surface area contributed by atoms with Crippen LogP contribution in [0.5, 0.6) is 0 Å². The fraction of sp³-hybridized carbons (Fsp3) is 0.500. The normalized spacial score (nSPS) is 12.0. The largest absolute Gasteiger partial charge is 0.545 e. The van der Waals surface area contributed by atoms with Crippen molar-refractivity contribution in [3.63, 3.8) is 0 Å². The number of aromatic carboxylic acids is 1. The van der Waals surface area contributed by atoms with E-state index in [9.17, 15) is 19.5 Å². The molecule has 0 unspecified atom stereocenters. The van der Waals surface area contributed by atoms with E-state index < -0.39 is 25.5 Å². The van der Waals surface area contributed by atoms with Crippen LogP contribution in [-0.2, 0) is 8.85 Å². The van der Waals surface area contributed by atoms with Crippen LogP contribution in [0.15, 0.2) is 18.2 Å². The van der Waals surface area contributed by atoms with Crippen LogP contribution in [0.25, 0.3) is 0 Å². The maximum Gasteiger partial charge on any atom is 0.253 e. The van der Waals surface area contributed by atoms with Crippen molar-refractivity contribution in [2.45, 2.75) is 46.8 Å². The van der Waals surface area contributed by atoms with Crippen LogP contribution in [0, 0.1) is 0 Å². The molecule has 0 saturated carbocycles. The van der Waals surface area contributed by atoms with E-state index in [0.29, 0.717) is 12.3 Å². The molecule has 1 rings (SSSR count). The average Bonchev–Trinajstić information content (AvgIpc) is 2.58. The molecule has 0 heterocycles. The Kier molecular flexibility index (Phi) is 9.57. The van der Waals surface area contributed by atoms with E-state index in [1.807, 2.05) is 27.7 Å². The Balaban J connectivity index is 3.02. The highest BCUT2D eigenvalue weighted by Gasteiger charge is 2.19. The van der Waals surface area contributed by atoms with Crippen molar-refractivity contribution in [3.8, 4) is 0 Å². The van der Waals surface area contributed by atoms with Gasteiger partial charge >= 0.3 is 0 Å². The molecule has 0 aromatic heterocycles. The second-order valence-electron chi connectivity index (χ2n) is 6.74. The summed E-state index contributed by atoms with van der Waals surface area (Å²) in [7, 11) is -1.87. The number of carbonyl (C=O) groups excluding carboxylic acids is 3. The lowest BCUT2D eigenvalue weighted by Gasteiger charge is -2.24. The molecule has 1 aromatic rings. The smallest absolute Gasteiger partial charge is 0.253 e. The number of ketones is 1. The Labute approximate surface area is 164 Å². The van der Waals surface area contributed by atoms with Gasteiger partial charge in [-0.3, -0.25) is 9.59 Å². The van der Waals surface area contributed by atoms with Gasteiger partial charge in [0.15, 0.2) is 25.3 Å². The van der Waals surface area contributed by atoms with E-state index in [4.69, 9.17) is 8.85 Å². The van der Waals surface area contributed by atoms with Crippen molar-refractivity contribution in [2.24, 2.45) is 0 Å². The van der Waals surface area contributed by atoms with Crippen LogP contribution in [0.4, 0.5) is 0 Å². The summed E-state index contributed by atoms with van der Waals surface area (Å²) in [6.45, 7) is 9.06. The highest BCUT2D eigenvalue weighted by Crippen LogP contribution is 2.14. The third-order valence-electron chi connectivity index (χ3n) is 3.78. The Bertz CT molecular complexity index is 664. The maximum atomic E-state index is 12.9. The number of carboxylic acid groups (broad SMARTS) is 1. The van der Waals surface area contributed by atoms with Gasteiger partial charge in [0.1, 0.15) is 0 Å². The molecule has 1 aromatic carbocycles. The number of nitrogens with zero attached hydrogens (tertiary/aromatic N) is 1. The highest BCUT2D eigenvalue weighted by atomic mass is 28.2. The first-order valence-electron chi connectivity index (χ1n) is 9.02. The van der Waals surface area contributed by atoms with E-state index >= 15 is 0 Å². The minimum atomic E-state index is -1.48. The minimum absolute atomic E-state index is 0.0353. The monoisotopic (exact) mass is 410 g/mol. The molecule has 1 amide bonds. The Hall–Kier alpha value is -1.82. The number of hydrogen-bond donors (Lipinski definition) is 0. The van der Waals surface area contributed by atoms with Crippen LogP contribution in [0.2, 0.25) is 0 Å². The van der Waals surface area contributed by atoms with Gasteiger partial charge in [-0.25, -0.2) is 0 Å². The summed E-state index contributed by atoms with van der Waals surface area (Å²) in [5.74, 6) is -2.15. The lowest BCUT2D eigenvalue weighted by molar-refractivity contribution is -0.255. The third-order valence-corrected chi connectivity index (χ3v) is 7.03. The van der Waals surface area contributed by atoms with Gasteiger partial charge in [0, 0.05) is 41.2 Å². The molecule has 0 aliphatic heterocycles. The third kappa shape index (κ3) is 7.75. The van der Waals surface area contributed by atoms with Gasteiger partial charge in [-0.2, -0.15) is 0 Å². The average molecular weight is 411 g/mol. The first kappa shape index (κ1) is 23.2. The van der Waals surface area contributed by atoms with Gasteiger partial charge in [0.05, 0.1) is 5.97 Å². The summed E-state index contributed by atoms with van der Waals surface area (Å²) in [5, 5.41) is 11.4. The molecule has 9 heteroatoms. The molecule has 0 spiro atoms. The number of rotatable bonds is 11. The van der Waals surface area contributed by atoms with Crippen LogP contribution in [-0.4, -0.2) is 66.6 Å². The Morgan fingerprint density at radius 1 is 1.00 bits per heavy atom. The molecule has 0 saturated heterocycles. The number of benzene rings is 1. The SMILES string of the molecule is CC(=O)c1ccc(C(=O)N(C[SiH2]OC(C)C)C[SiH2]OC(C)C)cc1C(=O)[O-]. The number of amides is 1. The lowest BCUT2D eigenvalue weighted by atomic mass is 10.0. The number of Topliss-reactive ketones (excluding diaryl/α,β-unsaturated/α-hetero) is 1. The molecular weight excluding hydrogens is 382 g/mol. The van der Waals surface area contributed by atoms with Gasteiger partial charge in [-0.1, -0.05) is 0 Å². The summed E-state index contributed by atoms with van der Waals surface area (Å²) in [6.07, 6.45) is 1.25. The van der Waals surface area contributed by atoms with Crippen LogP contribution in [0.3, 0.4) is 0 Å². The predicted octanol–water partition coefficient (Wildman–Crippen LogP) is -0.373. The molecular formula is C18H28NO6Si2-. The second kappa shape index (κ2) is 11.1. The van der Waals surface area contributed by atoms with Gasteiger partial charge in [0.25, 0.3) is 5.91 Å². The molecule has 7 nitrogen and oxygen atoms in total. The second-order valence-corrected chi connectivity index (χ2v) is 9.11. The zero-order valence-corrected chi connectivity index (χ0v) is 19.4. The van der Waals surface area contributed by atoms with Gasteiger partial charge in [0.2, 0.25) is 0 Å². The highest BCUT2D eigenvalue weighted by molar-refractivity contribution is 6.31. The summed E-state index contributed by atoms with van der Waals surface area (Å²) < 4.78 is 11.3. The van der Waals surface area contributed by atoms with Crippen molar-refractivity contribution >= 4 is 37.2 Å². The molecule has 0 atom stereocenters. The van der Waals surface area contributed by atoms with Crippen LogP contribution >= 0.6 is 0 Å². The zero-order chi connectivity index (χ0) is 20.6. The lowest BCUT2D eigenvalue weighted by Crippen LogP contribution is -2.40. The molecule has 0 bridgehead atoms. The van der Waals surface area contributed by atoms with Crippen molar-refractivity contribution in [1.29, 1.82) is 0 Å². The standard InChI is InChI=1S/C18H29NO6Si2/c1-11(2)24-26-9-19(10-27-25-12(3)4)17(21)14-6-7-15(13(5)20)16(8-14)18(22)23/h6-8,11-12H,9-10,26-27H2,1-5H3,(H,22,23)/p-1. The number of hydrogen-bond acceptors (Lipinski definition) is 6. The molecule has 0 aliphatic rings. The van der Waals surface area contributed by atoms with E-state index in [0.717, 1.165) is 0 Å². The van der Waals surface area contributed by atoms with Crippen molar-refractivity contribution < 1.29 is 28.3 Å². The van der Waals surface area contributed by atoms with E-state index in [1.165, 1.54) is 25.1 Å². The molecule has 0 fully saturated rings. The number of carbonyl (C=O) groups is 3. The van der Waals surface area contributed by atoms with Gasteiger partial charge in [-0.15, -0.1) is 0 Å². The maximum absolute atomic E-state index is 12.9. The topological polar surface area (TPSA) is 96.0 Å². The Morgan fingerprint density at radius 3 is 1.93 bits per heavy atom. The molecule has 0 radical (unpaired) electrons. The van der Waals surface area contributed by atoms with Crippen LogP contribution < -0.4 is 5.11 Å². The Morgan fingerprint density at radius 2 is 1.52 bits per heavy atom. The van der Waals surface area contributed by atoms with Crippen molar-refractivity contribution in [3.05, 3.63) is 34.9 Å². The molecule has 0 N–H and O–H groups in total. The van der Waals surface area contributed by atoms with Crippen molar-refractivity contribution in [2.75, 3.05) is 12.3 Å². The van der Waals surface area contributed by atoms with E-state index in [1.54, 1.807) is 4.90 Å². The summed E-state index contributed by atoms with van der Waals surface area (Å²) in [5.41, 5.74) is -0.0101. The fourth-order valence-corrected chi connectivity index (χ4v) is 5.34. The number of carboxylic acids is 1. The molecule has 0 aliphatic carbocycles. The first-order chi connectivity index (χ1) is 12.6. The summed E-state index contributed by atoms with van der Waals surface area (Å²) in [4.78, 5) is 37.5. The van der Waals surface area contributed by atoms with E-state index in [2.05, 4.69) is 0 Å². The van der Waals surface area contributed by atoms with Gasteiger partial charge < -0.3 is 23.7 Å². The minimum Gasteiger partial charge on any atom is -0.545 e. The summed E-state index contributed by atoms with van der Waals surface area (Å²) >= 11 is 0. The molecule has 150 valence electrons. The first-order valence-corrected chi connectivity index (χ1v) is 12.2. The molecule has 27 heavy (non-hydrogen) atoms. The quantitative estimate of drug-likeness (QED) is 0.365.